The number of carbonyl (C=O) groups is 1. The highest BCUT2D eigenvalue weighted by molar-refractivity contribution is 9.10. The molecular formula is C8H8BrFN2O. The second-order valence-electron chi connectivity index (χ2n) is 2.64. The molecule has 0 amide bonds. The zero-order valence-corrected chi connectivity index (χ0v) is 8.51. The van der Waals surface area contributed by atoms with Crippen LogP contribution < -0.4 is 5.73 Å². The highest BCUT2D eigenvalue weighted by Crippen LogP contribution is 2.14. The van der Waals surface area contributed by atoms with Gasteiger partial charge < -0.3 is 5.73 Å². The summed E-state index contributed by atoms with van der Waals surface area (Å²) < 4.78 is 13.5. The molecule has 3 nitrogen and oxygen atoms in total. The summed E-state index contributed by atoms with van der Waals surface area (Å²) >= 11 is 3.09. The van der Waals surface area contributed by atoms with Crippen LogP contribution in [0, 0.1) is 5.95 Å². The van der Waals surface area contributed by atoms with Crippen LogP contribution in [0.25, 0.3) is 0 Å². The van der Waals surface area contributed by atoms with Gasteiger partial charge >= 0.3 is 0 Å². The summed E-state index contributed by atoms with van der Waals surface area (Å²) in [5, 5.41) is 0. The second-order valence-corrected chi connectivity index (χ2v) is 3.56. The minimum atomic E-state index is -0.787. The summed E-state index contributed by atoms with van der Waals surface area (Å²) in [5.41, 5.74) is 5.25. The smallest absolute Gasteiger partial charge is 0.223 e. The molecule has 1 aromatic rings. The van der Waals surface area contributed by atoms with Gasteiger partial charge in [-0.15, -0.1) is 0 Å². The predicted molar refractivity (Wildman–Crippen MR) is 49.9 cm³/mol. The number of nitrogens with two attached hydrogens (primary N) is 1. The van der Waals surface area contributed by atoms with Crippen molar-refractivity contribution in [2.75, 3.05) is 0 Å². The Bertz CT molecular complexity index is 341. The molecule has 70 valence electrons. The number of rotatable bonds is 2. The Hall–Kier alpha value is -0.810. The molecule has 0 aliphatic heterocycles. The number of hydrogen-bond acceptors (Lipinski definition) is 3. The predicted octanol–water partition coefficient (Wildman–Crippen LogP) is 1.51. The lowest BCUT2D eigenvalue weighted by Gasteiger charge is -2.04. The number of carbonyl (C=O) groups excluding carboxylic acids is 1. The first-order valence-electron chi connectivity index (χ1n) is 3.63. The highest BCUT2D eigenvalue weighted by atomic mass is 79.9. The first kappa shape index (κ1) is 10.3. The average molecular weight is 247 g/mol. The minimum absolute atomic E-state index is 0.0793. The fourth-order valence-corrected chi connectivity index (χ4v) is 1.17. The number of hydrogen-bond donors (Lipinski definition) is 1. The van der Waals surface area contributed by atoms with E-state index in [0.717, 1.165) is 0 Å². The summed E-state index contributed by atoms with van der Waals surface area (Å²) in [4.78, 5) is 14.7. The number of nitrogens with zero attached hydrogens (tertiary/aromatic N) is 1. The van der Waals surface area contributed by atoms with E-state index in [1.165, 1.54) is 19.2 Å². The van der Waals surface area contributed by atoms with Crippen LogP contribution in [0.2, 0.25) is 0 Å². The van der Waals surface area contributed by atoms with E-state index < -0.39 is 17.8 Å². The molecule has 0 aliphatic carbocycles. The number of pyridine rings is 1. The van der Waals surface area contributed by atoms with Crippen LogP contribution in [0.4, 0.5) is 4.39 Å². The van der Waals surface area contributed by atoms with E-state index in [0.29, 0.717) is 4.47 Å². The lowest BCUT2D eigenvalue weighted by molar-refractivity contribution is 0.0963. The van der Waals surface area contributed by atoms with Gasteiger partial charge in [0.05, 0.1) is 11.6 Å². The molecule has 0 fully saturated rings. The van der Waals surface area contributed by atoms with Gasteiger partial charge in [0, 0.05) is 10.7 Å². The van der Waals surface area contributed by atoms with E-state index in [1.807, 2.05) is 0 Å². The van der Waals surface area contributed by atoms with Gasteiger partial charge in [-0.2, -0.15) is 4.39 Å². The molecule has 1 unspecified atom stereocenters. The molecular weight excluding hydrogens is 239 g/mol. The van der Waals surface area contributed by atoms with Crippen LogP contribution in [-0.4, -0.2) is 16.8 Å². The topological polar surface area (TPSA) is 56.0 Å². The second kappa shape index (κ2) is 3.93. The number of ketones is 1. The van der Waals surface area contributed by atoms with Crippen molar-refractivity contribution >= 4 is 21.7 Å². The molecule has 0 saturated heterocycles. The number of aromatic nitrogens is 1. The van der Waals surface area contributed by atoms with Gasteiger partial charge in [0.1, 0.15) is 0 Å². The maximum atomic E-state index is 13.0. The van der Waals surface area contributed by atoms with Crippen molar-refractivity contribution in [2.24, 2.45) is 5.73 Å². The molecule has 5 heteroatoms. The third kappa shape index (κ3) is 2.32. The molecule has 1 atom stereocenters. The van der Waals surface area contributed by atoms with Crippen LogP contribution in [-0.2, 0) is 0 Å². The molecule has 1 aromatic heterocycles. The molecule has 0 radical (unpaired) electrons. The van der Waals surface area contributed by atoms with Crippen LogP contribution in [0.1, 0.15) is 17.3 Å². The standard InChI is InChI=1S/C8H8BrFN2O/c1-4(11)7(13)6-2-5(9)3-12-8(6)10/h2-4H,11H2,1H3. The molecule has 0 aliphatic rings. The largest absolute Gasteiger partial charge is 0.321 e. The van der Waals surface area contributed by atoms with Crippen LogP contribution in [0.3, 0.4) is 0 Å². The first-order valence-corrected chi connectivity index (χ1v) is 4.42. The fraction of sp³-hybridized carbons (Fsp3) is 0.250. The van der Waals surface area contributed by atoms with Crippen molar-refractivity contribution in [3.8, 4) is 0 Å². The zero-order valence-electron chi connectivity index (χ0n) is 6.92. The quantitative estimate of drug-likeness (QED) is 0.636. The van der Waals surface area contributed by atoms with E-state index >= 15 is 0 Å². The maximum Gasteiger partial charge on any atom is 0.223 e. The van der Waals surface area contributed by atoms with Gasteiger partial charge in [-0.25, -0.2) is 4.98 Å². The van der Waals surface area contributed by atoms with Crippen LogP contribution in [0.5, 0.6) is 0 Å². The van der Waals surface area contributed by atoms with Gasteiger partial charge in [-0.1, -0.05) is 0 Å². The summed E-state index contributed by atoms with van der Waals surface area (Å²) in [6.07, 6.45) is 1.29. The van der Waals surface area contributed by atoms with Crippen molar-refractivity contribution in [1.82, 2.24) is 4.98 Å². The van der Waals surface area contributed by atoms with Crippen molar-refractivity contribution in [1.29, 1.82) is 0 Å². The van der Waals surface area contributed by atoms with Crippen LogP contribution in [0.15, 0.2) is 16.7 Å². The molecule has 0 bridgehead atoms. The average Bonchev–Trinajstić information content (AvgIpc) is 2.08. The maximum absolute atomic E-state index is 13.0. The minimum Gasteiger partial charge on any atom is -0.321 e. The fourth-order valence-electron chi connectivity index (χ4n) is 0.841. The molecule has 2 N–H and O–H groups in total. The Labute approximate surface area is 83.3 Å². The number of halogens is 2. The Kier molecular flexibility index (Phi) is 3.11. The molecule has 1 heterocycles. The van der Waals surface area contributed by atoms with E-state index in [-0.39, 0.29) is 5.56 Å². The normalized spacial score (nSPS) is 12.6. The first-order chi connectivity index (χ1) is 6.02. The van der Waals surface area contributed by atoms with Crippen molar-refractivity contribution in [3.63, 3.8) is 0 Å². The third-order valence-corrected chi connectivity index (χ3v) is 1.92. The van der Waals surface area contributed by atoms with Gasteiger partial charge in [0.15, 0.2) is 5.78 Å². The van der Waals surface area contributed by atoms with Crippen molar-refractivity contribution in [3.05, 3.63) is 28.2 Å². The SMILES string of the molecule is CC(N)C(=O)c1cc(Br)cnc1F. The van der Waals surface area contributed by atoms with Crippen molar-refractivity contribution in [2.45, 2.75) is 13.0 Å². The molecule has 13 heavy (non-hydrogen) atoms. The Balaban J connectivity index is 3.13. The highest BCUT2D eigenvalue weighted by Gasteiger charge is 2.16. The summed E-state index contributed by atoms with van der Waals surface area (Å²) in [5.74, 6) is -1.24. The molecule has 0 aromatic carbocycles. The van der Waals surface area contributed by atoms with Crippen molar-refractivity contribution < 1.29 is 9.18 Å². The number of Topliss-reactive ketones (excluding diaryl/α,β-unsaturated/α-hetero) is 1. The molecule has 0 spiro atoms. The Morgan fingerprint density at radius 3 is 2.92 bits per heavy atom. The Morgan fingerprint density at radius 2 is 2.38 bits per heavy atom. The summed E-state index contributed by atoms with van der Waals surface area (Å²) in [6, 6.07) is 0.652. The Morgan fingerprint density at radius 1 is 1.77 bits per heavy atom. The zero-order chi connectivity index (χ0) is 10.0. The summed E-state index contributed by atoms with van der Waals surface area (Å²) in [7, 11) is 0. The molecule has 1 rings (SSSR count). The van der Waals surface area contributed by atoms with Gasteiger partial charge in [-0.05, 0) is 28.9 Å². The molecule has 0 saturated carbocycles. The van der Waals surface area contributed by atoms with Gasteiger partial charge in [-0.3, -0.25) is 4.79 Å². The monoisotopic (exact) mass is 246 g/mol. The van der Waals surface area contributed by atoms with E-state index in [9.17, 15) is 9.18 Å². The van der Waals surface area contributed by atoms with Gasteiger partial charge in [0.25, 0.3) is 0 Å². The van der Waals surface area contributed by atoms with Gasteiger partial charge in [0.2, 0.25) is 5.95 Å². The van der Waals surface area contributed by atoms with Crippen LogP contribution >= 0.6 is 15.9 Å². The third-order valence-electron chi connectivity index (χ3n) is 1.48. The summed E-state index contributed by atoms with van der Waals surface area (Å²) in [6.45, 7) is 1.50. The van der Waals surface area contributed by atoms with E-state index in [2.05, 4.69) is 20.9 Å². The lowest BCUT2D eigenvalue weighted by Crippen LogP contribution is -2.27. The lowest BCUT2D eigenvalue weighted by atomic mass is 10.1. The van der Waals surface area contributed by atoms with E-state index in [4.69, 9.17) is 5.73 Å². The van der Waals surface area contributed by atoms with E-state index in [1.54, 1.807) is 0 Å².